The zero-order valence-electron chi connectivity index (χ0n) is 23.2. The number of benzene rings is 1. The van der Waals surface area contributed by atoms with E-state index in [9.17, 15) is 40.0 Å². The van der Waals surface area contributed by atoms with Crippen LogP contribution in [0, 0.1) is 18.8 Å². The number of sulfonamides is 1. The van der Waals surface area contributed by atoms with Crippen molar-refractivity contribution in [3.05, 3.63) is 34.9 Å². The zero-order chi connectivity index (χ0) is 30.2. The Morgan fingerprint density at radius 1 is 1.10 bits per heavy atom. The molecule has 13 heteroatoms. The standard InChI is InChI=1S/C28H36F5N3O4S/c1-18-15-21(16-19(2)37)5-6-22(18)9-14-41(39,40)36-12-10-26(11-13-36)25(38)34-24(35-26)23-7-3-20(4-8-23)17-27(29,30)28(31,32)33/h5-6,15,20,23H,3-4,7-14,16-17H2,1-2H3,(H,34,35,38). The molecule has 2 fully saturated rings. The van der Waals surface area contributed by atoms with E-state index >= 15 is 0 Å². The first kappa shape index (κ1) is 31.5. The number of ketones is 1. The Kier molecular flexibility index (Phi) is 8.99. The molecule has 1 aromatic rings. The van der Waals surface area contributed by atoms with Gasteiger partial charge in [0.2, 0.25) is 10.0 Å². The van der Waals surface area contributed by atoms with Gasteiger partial charge in [-0.05, 0) is 81.4 Å². The van der Waals surface area contributed by atoms with E-state index in [2.05, 4.69) is 10.3 Å². The lowest BCUT2D eigenvalue weighted by Gasteiger charge is -2.34. The maximum absolute atomic E-state index is 13.5. The highest BCUT2D eigenvalue weighted by Gasteiger charge is 2.58. The number of carbonyl (C=O) groups excluding carboxylic acids is 2. The molecule has 2 heterocycles. The number of halogens is 5. The van der Waals surface area contributed by atoms with Crippen molar-refractivity contribution in [3.63, 3.8) is 0 Å². The lowest BCUT2D eigenvalue weighted by atomic mass is 9.79. The van der Waals surface area contributed by atoms with E-state index in [1.165, 1.54) is 11.2 Å². The fraction of sp³-hybridized carbons (Fsp3) is 0.679. The minimum Gasteiger partial charge on any atom is -0.312 e. The Morgan fingerprint density at radius 3 is 2.29 bits per heavy atom. The van der Waals surface area contributed by atoms with Crippen molar-refractivity contribution >= 4 is 27.5 Å². The molecule has 0 unspecified atom stereocenters. The molecule has 0 atom stereocenters. The summed E-state index contributed by atoms with van der Waals surface area (Å²) in [5, 5.41) is 2.79. The second-order valence-electron chi connectivity index (χ2n) is 11.7. The number of hydrogen-bond acceptors (Lipinski definition) is 5. The van der Waals surface area contributed by atoms with Gasteiger partial charge in [-0.2, -0.15) is 22.0 Å². The van der Waals surface area contributed by atoms with Gasteiger partial charge in [0.25, 0.3) is 5.91 Å². The van der Waals surface area contributed by atoms with E-state index in [-0.39, 0.29) is 62.1 Å². The van der Waals surface area contributed by atoms with Gasteiger partial charge < -0.3 is 5.32 Å². The topological polar surface area (TPSA) is 95.9 Å². The molecule has 1 aliphatic carbocycles. The predicted molar refractivity (Wildman–Crippen MR) is 143 cm³/mol. The number of aryl methyl sites for hydroxylation is 2. The first-order valence-corrected chi connectivity index (χ1v) is 15.5. The van der Waals surface area contributed by atoms with Crippen LogP contribution in [0.1, 0.15) is 68.6 Å². The number of Topliss-reactive ketones (excluding diaryl/α,β-unsaturated/α-hetero) is 1. The highest BCUT2D eigenvalue weighted by atomic mass is 32.2. The molecule has 4 rings (SSSR count). The average Bonchev–Trinajstić information content (AvgIpc) is 3.18. The number of aliphatic imine (C=N–C) groups is 1. The summed E-state index contributed by atoms with van der Waals surface area (Å²) in [4.78, 5) is 28.9. The number of hydrogen-bond donors (Lipinski definition) is 1. The van der Waals surface area contributed by atoms with E-state index in [0.717, 1.165) is 16.7 Å². The molecule has 1 aromatic carbocycles. The summed E-state index contributed by atoms with van der Waals surface area (Å²) in [5.41, 5.74) is 1.60. The molecule has 228 valence electrons. The van der Waals surface area contributed by atoms with Crippen molar-refractivity contribution < 1.29 is 40.0 Å². The van der Waals surface area contributed by atoms with Crippen LogP contribution < -0.4 is 5.32 Å². The number of amidine groups is 1. The number of rotatable bonds is 9. The first-order valence-electron chi connectivity index (χ1n) is 13.9. The van der Waals surface area contributed by atoms with Crippen LogP contribution in [0.25, 0.3) is 0 Å². The fourth-order valence-electron chi connectivity index (χ4n) is 6.13. The van der Waals surface area contributed by atoms with Gasteiger partial charge in [0.15, 0.2) is 0 Å². The monoisotopic (exact) mass is 605 g/mol. The van der Waals surface area contributed by atoms with Gasteiger partial charge in [0.05, 0.1) is 5.75 Å². The van der Waals surface area contributed by atoms with Crippen LogP contribution >= 0.6 is 0 Å². The highest BCUT2D eigenvalue weighted by molar-refractivity contribution is 7.89. The quantitative estimate of drug-likeness (QED) is 0.411. The van der Waals surface area contributed by atoms with Gasteiger partial charge in [-0.15, -0.1) is 0 Å². The second-order valence-corrected chi connectivity index (χ2v) is 13.8. The summed E-state index contributed by atoms with van der Waals surface area (Å²) < 4.78 is 92.2. The lowest BCUT2D eigenvalue weighted by Crippen LogP contribution is -2.51. The summed E-state index contributed by atoms with van der Waals surface area (Å²) in [6.07, 6.45) is -4.68. The lowest BCUT2D eigenvalue weighted by molar-refractivity contribution is -0.288. The molecule has 1 saturated heterocycles. The van der Waals surface area contributed by atoms with Gasteiger partial charge >= 0.3 is 12.1 Å². The van der Waals surface area contributed by atoms with Crippen LogP contribution in [0.3, 0.4) is 0 Å². The predicted octanol–water partition coefficient (Wildman–Crippen LogP) is 4.76. The Morgan fingerprint density at radius 2 is 1.73 bits per heavy atom. The van der Waals surface area contributed by atoms with Crippen molar-refractivity contribution in [2.45, 2.75) is 89.3 Å². The van der Waals surface area contributed by atoms with E-state index in [1.807, 2.05) is 25.1 Å². The number of amides is 1. The molecule has 0 bridgehead atoms. The van der Waals surface area contributed by atoms with E-state index in [0.29, 0.717) is 31.5 Å². The van der Waals surface area contributed by atoms with Gasteiger partial charge in [0, 0.05) is 31.8 Å². The highest BCUT2D eigenvalue weighted by Crippen LogP contribution is 2.44. The molecular formula is C28H36F5N3O4S. The van der Waals surface area contributed by atoms with Crippen LogP contribution in [0.5, 0.6) is 0 Å². The summed E-state index contributed by atoms with van der Waals surface area (Å²) in [6, 6.07) is 5.58. The van der Waals surface area contributed by atoms with Crippen molar-refractivity contribution in [2.24, 2.45) is 16.8 Å². The van der Waals surface area contributed by atoms with Crippen LogP contribution in [0.15, 0.2) is 23.2 Å². The minimum atomic E-state index is -5.57. The summed E-state index contributed by atoms with van der Waals surface area (Å²) in [5.74, 6) is -5.65. The fourth-order valence-corrected chi connectivity index (χ4v) is 7.61. The molecule has 0 aromatic heterocycles. The number of alkyl halides is 5. The SMILES string of the molecule is CC(=O)Cc1ccc(CCS(=O)(=O)N2CCC3(CC2)N=C(C2CCC(CC(F)(F)C(F)(F)F)CC2)NC3=O)c(C)c1. The summed E-state index contributed by atoms with van der Waals surface area (Å²) in [6.45, 7) is 3.65. The average molecular weight is 606 g/mol. The van der Waals surface area contributed by atoms with Crippen molar-refractivity contribution in [1.29, 1.82) is 0 Å². The summed E-state index contributed by atoms with van der Waals surface area (Å²) >= 11 is 0. The molecule has 1 N–H and O–H groups in total. The van der Waals surface area contributed by atoms with E-state index < -0.39 is 40.0 Å². The molecule has 1 spiro atoms. The van der Waals surface area contributed by atoms with Gasteiger partial charge in [-0.25, -0.2) is 12.7 Å². The van der Waals surface area contributed by atoms with Gasteiger partial charge in [-0.1, -0.05) is 18.2 Å². The summed E-state index contributed by atoms with van der Waals surface area (Å²) in [7, 11) is -3.60. The number of nitrogens with zero attached hydrogens (tertiary/aromatic N) is 2. The molecule has 0 radical (unpaired) electrons. The maximum Gasteiger partial charge on any atom is 0.453 e. The van der Waals surface area contributed by atoms with Crippen molar-refractivity contribution in [3.8, 4) is 0 Å². The van der Waals surface area contributed by atoms with Crippen molar-refractivity contribution in [2.75, 3.05) is 18.8 Å². The molecule has 1 amide bonds. The number of nitrogens with one attached hydrogen (secondary N) is 1. The molecule has 2 aliphatic heterocycles. The smallest absolute Gasteiger partial charge is 0.312 e. The Balaban J connectivity index is 1.31. The normalized spacial score (nSPS) is 23.9. The second kappa shape index (κ2) is 11.7. The van der Waals surface area contributed by atoms with Crippen LogP contribution in [-0.4, -0.2) is 66.7 Å². The number of carbonyl (C=O) groups is 2. The van der Waals surface area contributed by atoms with E-state index in [1.54, 1.807) is 0 Å². The maximum atomic E-state index is 13.5. The third kappa shape index (κ3) is 7.15. The third-order valence-electron chi connectivity index (χ3n) is 8.62. The molecule has 7 nitrogen and oxygen atoms in total. The largest absolute Gasteiger partial charge is 0.453 e. The number of piperidine rings is 1. The van der Waals surface area contributed by atoms with Crippen LogP contribution in [0.2, 0.25) is 0 Å². The van der Waals surface area contributed by atoms with Crippen LogP contribution in [-0.2, 0) is 32.5 Å². The molecule has 3 aliphatic rings. The van der Waals surface area contributed by atoms with Crippen molar-refractivity contribution in [1.82, 2.24) is 9.62 Å². The Bertz CT molecular complexity index is 1300. The van der Waals surface area contributed by atoms with Gasteiger partial charge in [0.1, 0.15) is 17.2 Å². The first-order chi connectivity index (χ1) is 19.0. The van der Waals surface area contributed by atoms with Gasteiger partial charge in [-0.3, -0.25) is 14.6 Å². The Hall–Kier alpha value is -2.41. The minimum absolute atomic E-state index is 0.0505. The Labute approximate surface area is 237 Å². The van der Waals surface area contributed by atoms with E-state index in [4.69, 9.17) is 0 Å². The zero-order valence-corrected chi connectivity index (χ0v) is 24.0. The molecular weight excluding hydrogens is 569 g/mol. The third-order valence-corrected chi connectivity index (χ3v) is 10.5. The molecule has 1 saturated carbocycles. The van der Waals surface area contributed by atoms with Crippen LogP contribution in [0.4, 0.5) is 22.0 Å². The molecule has 41 heavy (non-hydrogen) atoms.